The van der Waals surface area contributed by atoms with Crippen LogP contribution in [0, 0.1) is 0 Å². The maximum Gasteiger partial charge on any atom is 0.0890 e. The van der Waals surface area contributed by atoms with Crippen LogP contribution in [0.3, 0.4) is 0 Å². The Hall–Kier alpha value is -1.52. The monoisotopic (exact) mass is 203 g/mol. The fourth-order valence-corrected chi connectivity index (χ4v) is 1.43. The molecule has 15 heavy (non-hydrogen) atoms. The molecular weight excluding hydrogens is 190 g/mol. The lowest BCUT2D eigenvalue weighted by Crippen LogP contribution is -2.27. The Balaban J connectivity index is 2.30. The van der Waals surface area contributed by atoms with Gasteiger partial charge in [-0.15, -0.1) is 0 Å². The van der Waals surface area contributed by atoms with Crippen LogP contribution in [0.25, 0.3) is 11.0 Å². The van der Waals surface area contributed by atoms with E-state index in [0.717, 1.165) is 16.7 Å². The Bertz CT molecular complexity index is 458. The Morgan fingerprint density at radius 2 is 2.00 bits per heavy atom. The lowest BCUT2D eigenvalue weighted by Gasteiger charge is -2.07. The van der Waals surface area contributed by atoms with Crippen LogP contribution in [0.5, 0.6) is 0 Å². The van der Waals surface area contributed by atoms with Gasteiger partial charge in [0.25, 0.3) is 0 Å². The van der Waals surface area contributed by atoms with E-state index in [4.69, 9.17) is 10.8 Å². The average molecular weight is 203 g/mol. The Kier molecular flexibility index (Phi) is 2.89. The molecule has 0 spiro atoms. The van der Waals surface area contributed by atoms with Crippen molar-refractivity contribution in [2.24, 2.45) is 5.73 Å². The second-order valence-corrected chi connectivity index (χ2v) is 3.50. The highest BCUT2D eigenvalue weighted by molar-refractivity contribution is 5.73. The SMILES string of the molecule is NC(CO)Cc1cnc2ccccc2n1. The summed E-state index contributed by atoms with van der Waals surface area (Å²) in [6, 6.07) is 7.41. The first-order valence-corrected chi connectivity index (χ1v) is 4.86. The van der Waals surface area contributed by atoms with E-state index in [0.29, 0.717) is 6.42 Å². The molecule has 2 rings (SSSR count). The number of hydrogen-bond acceptors (Lipinski definition) is 4. The largest absolute Gasteiger partial charge is 0.395 e. The number of benzene rings is 1. The molecule has 3 N–H and O–H groups in total. The first-order chi connectivity index (χ1) is 7.29. The highest BCUT2D eigenvalue weighted by Gasteiger charge is 2.04. The molecule has 0 amide bonds. The predicted octanol–water partition coefficient (Wildman–Crippen LogP) is 0.492. The van der Waals surface area contributed by atoms with Gasteiger partial charge in [-0.25, -0.2) is 4.98 Å². The summed E-state index contributed by atoms with van der Waals surface area (Å²) in [6.07, 6.45) is 2.26. The first-order valence-electron chi connectivity index (χ1n) is 4.86. The van der Waals surface area contributed by atoms with Gasteiger partial charge in [-0.1, -0.05) is 12.1 Å². The molecule has 0 fully saturated rings. The first kappa shape index (κ1) is 10.0. The fourth-order valence-electron chi connectivity index (χ4n) is 1.43. The summed E-state index contributed by atoms with van der Waals surface area (Å²) >= 11 is 0. The molecule has 1 aromatic carbocycles. The highest BCUT2D eigenvalue weighted by atomic mass is 16.3. The number of nitrogens with two attached hydrogens (primary N) is 1. The molecule has 0 bridgehead atoms. The normalized spacial score (nSPS) is 12.9. The van der Waals surface area contributed by atoms with Crippen LogP contribution in [0.2, 0.25) is 0 Å². The van der Waals surface area contributed by atoms with Crippen LogP contribution in [-0.4, -0.2) is 27.7 Å². The molecule has 2 aromatic rings. The fraction of sp³-hybridized carbons (Fsp3) is 0.273. The van der Waals surface area contributed by atoms with Gasteiger partial charge in [0.15, 0.2) is 0 Å². The van der Waals surface area contributed by atoms with Gasteiger partial charge in [0.2, 0.25) is 0 Å². The third kappa shape index (κ3) is 2.29. The van der Waals surface area contributed by atoms with Crippen LogP contribution < -0.4 is 5.73 Å². The molecule has 4 nitrogen and oxygen atoms in total. The number of hydrogen-bond donors (Lipinski definition) is 2. The van der Waals surface area contributed by atoms with Gasteiger partial charge in [-0.2, -0.15) is 0 Å². The number of aromatic nitrogens is 2. The van der Waals surface area contributed by atoms with Crippen LogP contribution >= 0.6 is 0 Å². The number of para-hydroxylation sites is 2. The molecule has 0 aliphatic heterocycles. The number of rotatable bonds is 3. The summed E-state index contributed by atoms with van der Waals surface area (Å²) in [5.41, 5.74) is 8.18. The Morgan fingerprint density at radius 1 is 1.27 bits per heavy atom. The van der Waals surface area contributed by atoms with Crippen LogP contribution in [0.15, 0.2) is 30.5 Å². The summed E-state index contributed by atoms with van der Waals surface area (Å²) in [4.78, 5) is 8.68. The van der Waals surface area contributed by atoms with E-state index in [1.807, 2.05) is 24.3 Å². The summed E-state index contributed by atoms with van der Waals surface area (Å²) in [5, 5.41) is 8.84. The van der Waals surface area contributed by atoms with Crippen LogP contribution in [-0.2, 0) is 6.42 Å². The third-order valence-electron chi connectivity index (χ3n) is 2.20. The van der Waals surface area contributed by atoms with E-state index in [1.165, 1.54) is 0 Å². The maximum atomic E-state index is 8.84. The molecule has 78 valence electrons. The third-order valence-corrected chi connectivity index (χ3v) is 2.20. The topological polar surface area (TPSA) is 72.0 Å². The van der Waals surface area contributed by atoms with Gasteiger partial charge in [-0.05, 0) is 12.1 Å². The number of nitrogens with zero attached hydrogens (tertiary/aromatic N) is 2. The smallest absolute Gasteiger partial charge is 0.0890 e. The summed E-state index contributed by atoms with van der Waals surface area (Å²) in [7, 11) is 0. The second-order valence-electron chi connectivity index (χ2n) is 3.50. The molecule has 0 radical (unpaired) electrons. The quantitative estimate of drug-likeness (QED) is 0.761. The summed E-state index contributed by atoms with van der Waals surface area (Å²) in [5.74, 6) is 0. The number of fused-ring (bicyclic) bond motifs is 1. The minimum Gasteiger partial charge on any atom is -0.395 e. The lowest BCUT2D eigenvalue weighted by molar-refractivity contribution is 0.264. The molecule has 4 heteroatoms. The molecule has 1 unspecified atom stereocenters. The van der Waals surface area contributed by atoms with E-state index in [1.54, 1.807) is 6.20 Å². The predicted molar refractivity (Wildman–Crippen MR) is 58.3 cm³/mol. The lowest BCUT2D eigenvalue weighted by atomic mass is 10.2. The highest BCUT2D eigenvalue weighted by Crippen LogP contribution is 2.09. The summed E-state index contributed by atoms with van der Waals surface area (Å²) < 4.78 is 0. The van der Waals surface area contributed by atoms with E-state index < -0.39 is 0 Å². The van der Waals surface area contributed by atoms with Crippen LogP contribution in [0.1, 0.15) is 5.69 Å². The van der Waals surface area contributed by atoms with E-state index in [-0.39, 0.29) is 12.6 Å². The van der Waals surface area contributed by atoms with Gasteiger partial charge in [0.05, 0.1) is 23.3 Å². The van der Waals surface area contributed by atoms with E-state index in [2.05, 4.69) is 9.97 Å². The van der Waals surface area contributed by atoms with Gasteiger partial charge in [0.1, 0.15) is 0 Å². The number of aliphatic hydroxyl groups excluding tert-OH is 1. The molecule has 0 aliphatic carbocycles. The standard InChI is InChI=1S/C11H13N3O/c12-8(7-15)5-9-6-13-10-3-1-2-4-11(10)14-9/h1-4,6,8,15H,5,7,12H2. The molecule has 0 saturated heterocycles. The molecule has 1 aromatic heterocycles. The molecule has 0 saturated carbocycles. The van der Waals surface area contributed by atoms with E-state index in [9.17, 15) is 0 Å². The van der Waals surface area contributed by atoms with Crippen molar-refractivity contribution >= 4 is 11.0 Å². The van der Waals surface area contributed by atoms with Crippen molar-refractivity contribution < 1.29 is 5.11 Å². The molecule has 1 heterocycles. The minimum atomic E-state index is -0.263. The summed E-state index contributed by atoms with van der Waals surface area (Å²) in [6.45, 7) is -0.0332. The zero-order valence-corrected chi connectivity index (χ0v) is 8.30. The van der Waals surface area contributed by atoms with Crippen molar-refractivity contribution in [2.75, 3.05) is 6.61 Å². The molecular formula is C11H13N3O. The number of aliphatic hydroxyl groups is 1. The van der Waals surface area contributed by atoms with Crippen molar-refractivity contribution in [3.63, 3.8) is 0 Å². The van der Waals surface area contributed by atoms with Crippen molar-refractivity contribution in [2.45, 2.75) is 12.5 Å². The van der Waals surface area contributed by atoms with Crippen molar-refractivity contribution in [1.82, 2.24) is 9.97 Å². The Labute approximate surface area is 87.8 Å². The second kappa shape index (κ2) is 4.33. The van der Waals surface area contributed by atoms with Crippen molar-refractivity contribution in [1.29, 1.82) is 0 Å². The van der Waals surface area contributed by atoms with Crippen LogP contribution in [0.4, 0.5) is 0 Å². The zero-order valence-electron chi connectivity index (χ0n) is 8.30. The molecule has 0 aliphatic rings. The average Bonchev–Trinajstić information content (AvgIpc) is 2.29. The zero-order chi connectivity index (χ0) is 10.7. The van der Waals surface area contributed by atoms with Gasteiger partial charge in [-0.3, -0.25) is 4.98 Å². The van der Waals surface area contributed by atoms with Gasteiger partial charge < -0.3 is 10.8 Å². The van der Waals surface area contributed by atoms with Crippen molar-refractivity contribution in [3.8, 4) is 0 Å². The van der Waals surface area contributed by atoms with Gasteiger partial charge in [0, 0.05) is 18.7 Å². The van der Waals surface area contributed by atoms with Crippen molar-refractivity contribution in [3.05, 3.63) is 36.2 Å². The minimum absolute atomic E-state index is 0.0332. The van der Waals surface area contributed by atoms with E-state index >= 15 is 0 Å². The molecule has 1 atom stereocenters. The Morgan fingerprint density at radius 3 is 2.73 bits per heavy atom. The maximum absolute atomic E-state index is 8.84. The van der Waals surface area contributed by atoms with Gasteiger partial charge >= 0.3 is 0 Å².